The van der Waals surface area contributed by atoms with Gasteiger partial charge in [0.05, 0.1) is 0 Å². The summed E-state index contributed by atoms with van der Waals surface area (Å²) in [6, 6.07) is 16.9. The number of nitrogens with one attached hydrogen (secondary N) is 2. The number of thiocarbonyl (C=S) groups is 1. The van der Waals surface area contributed by atoms with E-state index in [1.807, 2.05) is 0 Å². The van der Waals surface area contributed by atoms with E-state index in [0.29, 0.717) is 5.11 Å². The van der Waals surface area contributed by atoms with E-state index < -0.39 is 0 Å². The van der Waals surface area contributed by atoms with Gasteiger partial charge in [-0.25, -0.2) is 0 Å². The summed E-state index contributed by atoms with van der Waals surface area (Å²) < 4.78 is 0. The number of hydrogen-bond acceptors (Lipinski definition) is 2. The van der Waals surface area contributed by atoms with Gasteiger partial charge in [0.2, 0.25) is 0 Å². The molecule has 2 aromatic rings. The summed E-state index contributed by atoms with van der Waals surface area (Å²) in [7, 11) is 0. The molecule has 0 bridgehead atoms. The molecular weight excluding hydrogens is 320 g/mol. The first kappa shape index (κ1) is 17.8. The molecule has 0 atom stereocenters. The van der Waals surface area contributed by atoms with Crippen molar-refractivity contribution in [1.82, 2.24) is 5.32 Å². The van der Waals surface area contributed by atoms with Crippen LogP contribution >= 0.6 is 24.0 Å². The number of anilines is 1. The van der Waals surface area contributed by atoms with E-state index in [1.54, 1.807) is 11.8 Å². The molecule has 0 saturated heterocycles. The number of thioether (sulfide) groups is 1. The molecule has 0 aliphatic heterocycles. The van der Waals surface area contributed by atoms with Crippen molar-refractivity contribution in [2.45, 2.75) is 37.6 Å². The average molecular weight is 345 g/mol. The van der Waals surface area contributed by atoms with Crippen molar-refractivity contribution in [2.75, 3.05) is 11.6 Å². The minimum atomic E-state index is 0.167. The third-order valence-corrected chi connectivity index (χ3v) is 4.61. The smallest absolute Gasteiger partial charge is 0.171 e. The molecule has 0 aliphatic carbocycles. The van der Waals surface area contributed by atoms with Crippen molar-refractivity contribution in [2.24, 2.45) is 0 Å². The summed E-state index contributed by atoms with van der Waals surface area (Å²) in [6.45, 7) is 7.36. The molecule has 0 fully saturated rings. The first-order valence-corrected chi connectivity index (χ1v) is 9.30. The maximum absolute atomic E-state index is 5.36. The highest BCUT2D eigenvalue weighted by Crippen LogP contribution is 2.23. The molecule has 0 amide bonds. The minimum Gasteiger partial charge on any atom is -0.358 e. The zero-order valence-corrected chi connectivity index (χ0v) is 15.8. The summed E-state index contributed by atoms with van der Waals surface area (Å²) >= 11 is 7.11. The van der Waals surface area contributed by atoms with Crippen molar-refractivity contribution in [3.63, 3.8) is 0 Å². The Morgan fingerprint density at radius 3 is 2.13 bits per heavy atom. The van der Waals surface area contributed by atoms with Gasteiger partial charge >= 0.3 is 0 Å². The molecule has 4 heteroatoms. The van der Waals surface area contributed by atoms with Crippen molar-refractivity contribution in [3.05, 3.63) is 59.7 Å². The van der Waals surface area contributed by atoms with Gasteiger partial charge in [0.15, 0.2) is 5.11 Å². The Kier molecular flexibility index (Phi) is 6.08. The zero-order chi connectivity index (χ0) is 16.9. The summed E-state index contributed by atoms with van der Waals surface area (Å²) in [5.74, 6) is 0. The Balaban J connectivity index is 1.86. The normalized spacial score (nSPS) is 11.1. The maximum Gasteiger partial charge on any atom is 0.171 e. The van der Waals surface area contributed by atoms with E-state index in [0.717, 1.165) is 12.2 Å². The lowest BCUT2D eigenvalue weighted by atomic mass is 9.87. The van der Waals surface area contributed by atoms with E-state index >= 15 is 0 Å². The molecule has 0 unspecified atom stereocenters. The van der Waals surface area contributed by atoms with E-state index in [4.69, 9.17) is 12.2 Å². The van der Waals surface area contributed by atoms with Crippen LogP contribution in [0.1, 0.15) is 31.9 Å². The van der Waals surface area contributed by atoms with Gasteiger partial charge in [-0.15, -0.1) is 11.8 Å². The highest BCUT2D eigenvalue weighted by molar-refractivity contribution is 7.98. The predicted octanol–water partition coefficient (Wildman–Crippen LogP) is 5.19. The van der Waals surface area contributed by atoms with E-state index in [-0.39, 0.29) is 5.41 Å². The molecule has 0 heterocycles. The van der Waals surface area contributed by atoms with Crippen LogP contribution in [0.4, 0.5) is 5.69 Å². The van der Waals surface area contributed by atoms with E-state index in [1.165, 1.54) is 16.0 Å². The van der Waals surface area contributed by atoms with Crippen LogP contribution < -0.4 is 10.6 Å². The minimum absolute atomic E-state index is 0.167. The standard InChI is InChI=1S/C19H24N2S2/c1-19(2,3)15-7-9-16(10-8-15)21-18(22)20-13-14-5-11-17(23-4)12-6-14/h5-12H,13H2,1-4H3,(H2,20,21,22). The lowest BCUT2D eigenvalue weighted by molar-refractivity contribution is 0.590. The molecule has 2 rings (SSSR count). The maximum atomic E-state index is 5.36. The van der Waals surface area contributed by atoms with Crippen LogP contribution in [-0.2, 0) is 12.0 Å². The van der Waals surface area contributed by atoms with Crippen LogP contribution in [0, 0.1) is 0 Å². The zero-order valence-electron chi connectivity index (χ0n) is 14.1. The molecule has 0 saturated carbocycles. The monoisotopic (exact) mass is 344 g/mol. The Morgan fingerprint density at radius 1 is 1.00 bits per heavy atom. The van der Waals surface area contributed by atoms with Gasteiger partial charge in [-0.05, 0) is 59.3 Å². The largest absolute Gasteiger partial charge is 0.358 e. The molecule has 0 spiro atoms. The SMILES string of the molecule is CSc1ccc(CNC(=S)Nc2ccc(C(C)(C)C)cc2)cc1. The highest BCUT2D eigenvalue weighted by Gasteiger charge is 2.12. The van der Waals surface area contributed by atoms with Gasteiger partial charge in [0, 0.05) is 17.1 Å². The topological polar surface area (TPSA) is 24.1 Å². The quantitative estimate of drug-likeness (QED) is 0.588. The van der Waals surface area contributed by atoms with Crippen LogP contribution in [0.5, 0.6) is 0 Å². The van der Waals surface area contributed by atoms with Gasteiger partial charge < -0.3 is 10.6 Å². The molecule has 2 N–H and O–H groups in total. The van der Waals surface area contributed by atoms with Crippen molar-refractivity contribution in [1.29, 1.82) is 0 Å². The fourth-order valence-electron chi connectivity index (χ4n) is 2.15. The van der Waals surface area contributed by atoms with Crippen LogP contribution in [-0.4, -0.2) is 11.4 Å². The Hall–Kier alpha value is -1.52. The lowest BCUT2D eigenvalue weighted by Gasteiger charge is -2.19. The Labute approximate surface area is 149 Å². The molecule has 23 heavy (non-hydrogen) atoms. The molecule has 0 radical (unpaired) electrons. The summed E-state index contributed by atoms with van der Waals surface area (Å²) in [5, 5.41) is 7.11. The number of hydrogen-bond donors (Lipinski definition) is 2. The summed E-state index contributed by atoms with van der Waals surface area (Å²) in [4.78, 5) is 1.27. The van der Waals surface area contributed by atoms with Crippen molar-refractivity contribution < 1.29 is 0 Å². The molecule has 2 nitrogen and oxygen atoms in total. The third-order valence-electron chi connectivity index (χ3n) is 3.62. The fraction of sp³-hybridized carbons (Fsp3) is 0.316. The lowest BCUT2D eigenvalue weighted by Crippen LogP contribution is -2.27. The van der Waals surface area contributed by atoms with Gasteiger partial charge in [0.25, 0.3) is 0 Å². The predicted molar refractivity (Wildman–Crippen MR) is 106 cm³/mol. The van der Waals surface area contributed by atoms with Gasteiger partial charge in [0.1, 0.15) is 0 Å². The second kappa shape index (κ2) is 7.84. The number of benzene rings is 2. The molecule has 122 valence electrons. The Bertz CT molecular complexity index is 641. The van der Waals surface area contributed by atoms with Crippen molar-refractivity contribution in [3.8, 4) is 0 Å². The van der Waals surface area contributed by atoms with E-state index in [9.17, 15) is 0 Å². The molecular formula is C19H24N2S2. The first-order chi connectivity index (χ1) is 10.9. The van der Waals surface area contributed by atoms with Crippen LogP contribution in [0.3, 0.4) is 0 Å². The van der Waals surface area contributed by atoms with Crippen LogP contribution in [0.2, 0.25) is 0 Å². The van der Waals surface area contributed by atoms with Crippen molar-refractivity contribution >= 4 is 34.8 Å². The molecule has 0 aliphatic rings. The molecule has 2 aromatic carbocycles. The molecule has 0 aromatic heterocycles. The fourth-order valence-corrected chi connectivity index (χ4v) is 2.75. The van der Waals surface area contributed by atoms with E-state index in [2.05, 4.69) is 86.2 Å². The summed E-state index contributed by atoms with van der Waals surface area (Å²) in [6.07, 6.45) is 2.08. The van der Waals surface area contributed by atoms with Gasteiger partial charge in [-0.3, -0.25) is 0 Å². The highest BCUT2D eigenvalue weighted by atomic mass is 32.2. The second-order valence-corrected chi connectivity index (χ2v) is 7.77. The van der Waals surface area contributed by atoms with Crippen LogP contribution in [0.25, 0.3) is 0 Å². The average Bonchev–Trinajstić information content (AvgIpc) is 2.53. The first-order valence-electron chi connectivity index (χ1n) is 7.67. The third kappa shape index (κ3) is 5.56. The van der Waals surface area contributed by atoms with Gasteiger partial charge in [-0.1, -0.05) is 45.0 Å². The number of rotatable bonds is 4. The Morgan fingerprint density at radius 2 is 1.61 bits per heavy atom. The van der Waals surface area contributed by atoms with Crippen LogP contribution in [0.15, 0.2) is 53.4 Å². The van der Waals surface area contributed by atoms with Gasteiger partial charge in [-0.2, -0.15) is 0 Å². The summed E-state index contributed by atoms with van der Waals surface area (Å²) in [5.41, 5.74) is 3.71. The second-order valence-electron chi connectivity index (χ2n) is 6.48.